The van der Waals surface area contributed by atoms with Gasteiger partial charge in [-0.1, -0.05) is 6.07 Å². The molecule has 0 unspecified atom stereocenters. The van der Waals surface area contributed by atoms with Gasteiger partial charge in [0.25, 0.3) is 5.91 Å². The highest BCUT2D eigenvalue weighted by Crippen LogP contribution is 2.31. The van der Waals surface area contributed by atoms with Gasteiger partial charge in [-0.3, -0.25) is 14.6 Å². The number of anilines is 1. The van der Waals surface area contributed by atoms with Crippen LogP contribution in [0.5, 0.6) is 0 Å². The molecule has 1 heterocycles. The lowest BCUT2D eigenvalue weighted by Crippen LogP contribution is -2.31. The summed E-state index contributed by atoms with van der Waals surface area (Å²) in [6.45, 7) is 3.05. The SMILES string of the molecule is Cc1cc(C(=O)NCCN(C)C)ccc1-c1nccc(C(=O)c2ccc(F)cc2F)c1N. The molecule has 8 heteroatoms. The quantitative estimate of drug-likeness (QED) is 0.552. The summed E-state index contributed by atoms with van der Waals surface area (Å²) in [4.78, 5) is 31.5. The number of pyridine rings is 1. The highest BCUT2D eigenvalue weighted by atomic mass is 19.1. The van der Waals surface area contributed by atoms with Gasteiger partial charge in [0.1, 0.15) is 11.6 Å². The first-order valence-electron chi connectivity index (χ1n) is 9.97. The lowest BCUT2D eigenvalue weighted by molar-refractivity contribution is 0.0950. The summed E-state index contributed by atoms with van der Waals surface area (Å²) in [5, 5.41) is 2.85. The number of nitrogen functional groups attached to an aromatic ring is 1. The molecule has 1 aromatic heterocycles. The van der Waals surface area contributed by atoms with Crippen molar-refractivity contribution in [2.45, 2.75) is 6.92 Å². The van der Waals surface area contributed by atoms with E-state index in [0.717, 1.165) is 24.2 Å². The highest BCUT2D eigenvalue weighted by molar-refractivity contribution is 6.13. The van der Waals surface area contributed by atoms with E-state index in [9.17, 15) is 18.4 Å². The number of likely N-dealkylation sites (N-methyl/N-ethyl adjacent to an activating group) is 1. The average Bonchev–Trinajstić information content (AvgIpc) is 2.73. The lowest BCUT2D eigenvalue weighted by Gasteiger charge is -2.14. The molecule has 2 aromatic carbocycles. The summed E-state index contributed by atoms with van der Waals surface area (Å²) in [5.74, 6) is -2.60. The number of rotatable bonds is 7. The second kappa shape index (κ2) is 9.65. The second-order valence-corrected chi connectivity index (χ2v) is 7.66. The Labute approximate surface area is 185 Å². The summed E-state index contributed by atoms with van der Waals surface area (Å²) in [6.07, 6.45) is 1.40. The third-order valence-corrected chi connectivity index (χ3v) is 5.00. The first-order valence-corrected chi connectivity index (χ1v) is 9.97. The van der Waals surface area contributed by atoms with E-state index in [0.29, 0.717) is 29.4 Å². The van der Waals surface area contributed by atoms with Gasteiger partial charge in [0.15, 0.2) is 5.78 Å². The zero-order chi connectivity index (χ0) is 23.4. The number of nitrogens with one attached hydrogen (secondary N) is 1. The fourth-order valence-corrected chi connectivity index (χ4v) is 3.27. The van der Waals surface area contributed by atoms with Crippen molar-refractivity contribution >= 4 is 17.4 Å². The number of nitrogens with zero attached hydrogens (tertiary/aromatic N) is 2. The van der Waals surface area contributed by atoms with Crippen LogP contribution >= 0.6 is 0 Å². The zero-order valence-corrected chi connectivity index (χ0v) is 18.1. The third-order valence-electron chi connectivity index (χ3n) is 5.00. The van der Waals surface area contributed by atoms with Gasteiger partial charge in [-0.25, -0.2) is 8.78 Å². The average molecular weight is 438 g/mol. The van der Waals surface area contributed by atoms with Crippen molar-refractivity contribution in [2.75, 3.05) is 32.9 Å². The summed E-state index contributed by atoms with van der Waals surface area (Å²) < 4.78 is 27.3. The van der Waals surface area contributed by atoms with Crippen LogP contribution in [0.3, 0.4) is 0 Å². The van der Waals surface area contributed by atoms with Gasteiger partial charge in [0.05, 0.1) is 16.9 Å². The molecule has 0 spiro atoms. The predicted molar refractivity (Wildman–Crippen MR) is 120 cm³/mol. The fraction of sp³-hybridized carbons (Fsp3) is 0.208. The van der Waals surface area contributed by atoms with Gasteiger partial charge >= 0.3 is 0 Å². The summed E-state index contributed by atoms with van der Waals surface area (Å²) in [6, 6.07) is 9.23. The number of aryl methyl sites for hydroxylation is 1. The number of carbonyl (C=O) groups excluding carboxylic acids is 2. The molecule has 0 saturated heterocycles. The molecule has 0 aliphatic heterocycles. The number of carbonyl (C=O) groups is 2. The molecule has 0 atom stereocenters. The Balaban J connectivity index is 1.90. The molecule has 32 heavy (non-hydrogen) atoms. The van der Waals surface area contributed by atoms with Crippen molar-refractivity contribution in [2.24, 2.45) is 0 Å². The van der Waals surface area contributed by atoms with E-state index in [1.165, 1.54) is 12.3 Å². The summed E-state index contributed by atoms with van der Waals surface area (Å²) >= 11 is 0. The minimum absolute atomic E-state index is 0.0606. The Kier molecular flexibility index (Phi) is 6.95. The van der Waals surface area contributed by atoms with E-state index in [2.05, 4.69) is 10.3 Å². The Bertz CT molecular complexity index is 1180. The van der Waals surface area contributed by atoms with Crippen molar-refractivity contribution in [3.8, 4) is 11.3 Å². The molecule has 6 nitrogen and oxygen atoms in total. The molecule has 0 aliphatic rings. The molecular weight excluding hydrogens is 414 g/mol. The smallest absolute Gasteiger partial charge is 0.251 e. The number of benzene rings is 2. The summed E-state index contributed by atoms with van der Waals surface area (Å²) in [7, 11) is 3.84. The van der Waals surface area contributed by atoms with E-state index in [1.807, 2.05) is 19.0 Å². The van der Waals surface area contributed by atoms with Gasteiger partial charge in [-0.05, 0) is 56.9 Å². The molecule has 3 aromatic rings. The van der Waals surface area contributed by atoms with Gasteiger partial charge in [-0.15, -0.1) is 0 Å². The molecule has 0 fully saturated rings. The van der Waals surface area contributed by atoms with Crippen LogP contribution in [0.15, 0.2) is 48.7 Å². The maximum atomic E-state index is 14.1. The standard InChI is InChI=1S/C24H24F2N4O2/c1-14-12-15(24(32)29-10-11-30(2)3)4-6-17(14)22-21(27)19(8-9-28-22)23(31)18-7-5-16(25)13-20(18)26/h4-9,12-13H,10-11,27H2,1-3H3,(H,29,32). The number of halogens is 2. The number of hydrogen-bond acceptors (Lipinski definition) is 5. The maximum absolute atomic E-state index is 14.1. The third kappa shape index (κ3) is 4.97. The van der Waals surface area contributed by atoms with Gasteiger partial charge < -0.3 is 16.0 Å². The zero-order valence-electron chi connectivity index (χ0n) is 18.1. The van der Waals surface area contributed by atoms with Gasteiger partial charge in [0.2, 0.25) is 0 Å². The van der Waals surface area contributed by atoms with E-state index in [1.54, 1.807) is 25.1 Å². The van der Waals surface area contributed by atoms with Crippen LogP contribution in [-0.4, -0.2) is 48.8 Å². The molecular formula is C24H24F2N4O2. The Morgan fingerprint density at radius 2 is 1.81 bits per heavy atom. The summed E-state index contributed by atoms with van der Waals surface area (Å²) in [5.41, 5.74) is 8.30. The topological polar surface area (TPSA) is 88.3 Å². The molecule has 0 radical (unpaired) electrons. The van der Waals surface area contributed by atoms with Crippen LogP contribution < -0.4 is 11.1 Å². The van der Waals surface area contributed by atoms with E-state index >= 15 is 0 Å². The predicted octanol–water partition coefficient (Wildman–Crippen LogP) is 3.44. The number of amides is 1. The first kappa shape index (κ1) is 23.0. The minimum atomic E-state index is -0.964. The molecule has 0 saturated carbocycles. The Morgan fingerprint density at radius 1 is 1.06 bits per heavy atom. The number of ketones is 1. The Morgan fingerprint density at radius 3 is 2.47 bits per heavy atom. The molecule has 166 valence electrons. The van der Waals surface area contributed by atoms with Crippen LogP contribution in [0.4, 0.5) is 14.5 Å². The van der Waals surface area contributed by atoms with Crippen molar-refractivity contribution < 1.29 is 18.4 Å². The number of nitrogens with two attached hydrogens (primary N) is 1. The van der Waals surface area contributed by atoms with Crippen molar-refractivity contribution in [1.82, 2.24) is 15.2 Å². The van der Waals surface area contributed by atoms with Gasteiger partial charge in [0, 0.05) is 42.0 Å². The highest BCUT2D eigenvalue weighted by Gasteiger charge is 2.20. The molecule has 0 aliphatic carbocycles. The van der Waals surface area contributed by atoms with Gasteiger partial charge in [-0.2, -0.15) is 0 Å². The molecule has 3 rings (SSSR count). The molecule has 3 N–H and O–H groups in total. The van der Waals surface area contributed by atoms with Crippen molar-refractivity contribution in [3.05, 3.63) is 82.5 Å². The van der Waals surface area contributed by atoms with Crippen LogP contribution in [0.1, 0.15) is 31.8 Å². The normalized spacial score (nSPS) is 10.9. The lowest BCUT2D eigenvalue weighted by atomic mass is 9.96. The van der Waals surface area contributed by atoms with Crippen molar-refractivity contribution in [3.63, 3.8) is 0 Å². The second-order valence-electron chi connectivity index (χ2n) is 7.66. The maximum Gasteiger partial charge on any atom is 0.251 e. The number of hydrogen-bond donors (Lipinski definition) is 2. The first-order chi connectivity index (χ1) is 15.2. The van der Waals surface area contributed by atoms with Crippen LogP contribution in [-0.2, 0) is 0 Å². The van der Waals surface area contributed by atoms with Crippen LogP contribution in [0, 0.1) is 18.6 Å². The van der Waals surface area contributed by atoms with Crippen LogP contribution in [0.25, 0.3) is 11.3 Å². The minimum Gasteiger partial charge on any atom is -0.396 e. The van der Waals surface area contributed by atoms with E-state index in [-0.39, 0.29) is 22.7 Å². The fourth-order valence-electron chi connectivity index (χ4n) is 3.27. The van der Waals surface area contributed by atoms with E-state index in [4.69, 9.17) is 5.73 Å². The van der Waals surface area contributed by atoms with Crippen molar-refractivity contribution in [1.29, 1.82) is 0 Å². The van der Waals surface area contributed by atoms with E-state index < -0.39 is 17.4 Å². The number of aromatic nitrogens is 1. The monoisotopic (exact) mass is 438 g/mol. The largest absolute Gasteiger partial charge is 0.396 e. The Hall–Kier alpha value is -3.65. The van der Waals surface area contributed by atoms with Crippen LogP contribution in [0.2, 0.25) is 0 Å². The molecule has 0 bridgehead atoms. The molecule has 1 amide bonds.